The molecular formula is C12H14O5Se. The first-order valence-electron chi connectivity index (χ1n) is 5.06. The summed E-state index contributed by atoms with van der Waals surface area (Å²) in [6.07, 6.45) is 0. The normalized spacial score (nSPS) is 10.8. The number of hydrogen-bond donors (Lipinski definition) is 0. The average molecular weight is 317 g/mol. The summed E-state index contributed by atoms with van der Waals surface area (Å²) >= 11 is -0.594. The molecule has 0 aliphatic heterocycles. The van der Waals surface area contributed by atoms with Gasteiger partial charge in [0.15, 0.2) is 0 Å². The van der Waals surface area contributed by atoms with Crippen LogP contribution in [0.5, 0.6) is 0 Å². The Morgan fingerprint density at radius 2 is 1.50 bits per heavy atom. The summed E-state index contributed by atoms with van der Waals surface area (Å²) in [6, 6.07) is 9.14. The molecule has 0 bridgehead atoms. The van der Waals surface area contributed by atoms with E-state index in [4.69, 9.17) is 4.74 Å². The number of benzene rings is 1. The van der Waals surface area contributed by atoms with Crippen LogP contribution < -0.4 is 4.46 Å². The number of carbonyl (C=O) groups is 2. The summed E-state index contributed by atoms with van der Waals surface area (Å²) in [6.45, 7) is 0. The average Bonchev–Trinajstić information content (AvgIpc) is 2.44. The van der Waals surface area contributed by atoms with Crippen LogP contribution in [0.15, 0.2) is 30.3 Å². The van der Waals surface area contributed by atoms with E-state index in [1.54, 1.807) is 0 Å². The fourth-order valence-electron chi connectivity index (χ4n) is 1.30. The minimum absolute atomic E-state index is 0.594. The van der Waals surface area contributed by atoms with Crippen LogP contribution in [0.2, 0.25) is 0 Å². The van der Waals surface area contributed by atoms with E-state index >= 15 is 0 Å². The van der Waals surface area contributed by atoms with Crippen LogP contribution in [0.25, 0.3) is 0 Å². The van der Waals surface area contributed by atoms with Gasteiger partial charge in [0.2, 0.25) is 0 Å². The van der Waals surface area contributed by atoms with Crippen molar-refractivity contribution in [2.24, 2.45) is 0 Å². The van der Waals surface area contributed by atoms with E-state index in [9.17, 15) is 9.59 Å². The third kappa shape index (κ3) is 2.90. The van der Waals surface area contributed by atoms with Gasteiger partial charge in [0, 0.05) is 0 Å². The van der Waals surface area contributed by atoms with Crippen LogP contribution in [-0.4, -0.2) is 52.7 Å². The molecule has 0 aromatic heterocycles. The van der Waals surface area contributed by atoms with Crippen molar-refractivity contribution in [3.05, 3.63) is 30.3 Å². The van der Waals surface area contributed by atoms with Gasteiger partial charge in [-0.05, 0) is 0 Å². The first-order valence-corrected chi connectivity index (χ1v) is 6.78. The van der Waals surface area contributed by atoms with E-state index in [1.165, 1.54) is 21.3 Å². The Kier molecular flexibility index (Phi) is 5.34. The minimum atomic E-state index is -1.70. The van der Waals surface area contributed by atoms with E-state index in [0.717, 1.165) is 4.46 Å². The van der Waals surface area contributed by atoms with Crippen LogP contribution in [0.3, 0.4) is 0 Å². The molecular weight excluding hydrogens is 303 g/mol. The van der Waals surface area contributed by atoms with E-state index in [-0.39, 0.29) is 0 Å². The van der Waals surface area contributed by atoms with Gasteiger partial charge >= 0.3 is 111 Å². The molecule has 0 fully saturated rings. The second-order valence-corrected chi connectivity index (χ2v) is 5.84. The second-order valence-electron chi connectivity index (χ2n) is 3.22. The Bertz CT molecular complexity index is 402. The molecule has 98 valence electrons. The summed E-state index contributed by atoms with van der Waals surface area (Å²) in [5, 5.41) is 0. The maximum absolute atomic E-state index is 11.8. The number of hydrogen-bond acceptors (Lipinski definition) is 5. The zero-order valence-electron chi connectivity index (χ0n) is 10.3. The molecule has 1 rings (SSSR count). The summed E-state index contributed by atoms with van der Waals surface area (Å²) in [4.78, 5) is 23.7. The monoisotopic (exact) mass is 318 g/mol. The standard InChI is InChI=1S/C12H14O5Se/c1-15-10(13)12(17-3,11(14)16-2)18-9-7-5-4-6-8-9/h4-8H,1-3H3. The molecule has 0 amide bonds. The van der Waals surface area contributed by atoms with Crippen molar-refractivity contribution < 1.29 is 23.8 Å². The number of carbonyl (C=O) groups excluding carboxylic acids is 2. The van der Waals surface area contributed by atoms with Gasteiger partial charge in [0.05, 0.1) is 0 Å². The van der Waals surface area contributed by atoms with Gasteiger partial charge in [0.1, 0.15) is 0 Å². The number of ether oxygens (including phenoxy) is 3. The molecule has 0 unspecified atom stereocenters. The summed E-state index contributed by atoms with van der Waals surface area (Å²) in [5.41, 5.74) is 0. The molecule has 0 radical (unpaired) electrons. The Balaban J connectivity index is 3.11. The summed E-state index contributed by atoms with van der Waals surface area (Å²) in [5.74, 6) is -1.50. The van der Waals surface area contributed by atoms with E-state index < -0.39 is 31.4 Å². The van der Waals surface area contributed by atoms with E-state index in [1.807, 2.05) is 30.3 Å². The zero-order chi connectivity index (χ0) is 13.6. The Labute approximate surface area is 112 Å². The first kappa shape index (κ1) is 14.7. The third-order valence-electron chi connectivity index (χ3n) is 2.20. The van der Waals surface area contributed by atoms with Gasteiger partial charge in [-0.1, -0.05) is 0 Å². The molecule has 0 aliphatic rings. The zero-order valence-corrected chi connectivity index (χ0v) is 12.0. The van der Waals surface area contributed by atoms with Gasteiger partial charge in [-0.15, -0.1) is 0 Å². The van der Waals surface area contributed by atoms with Crippen molar-refractivity contribution in [2.75, 3.05) is 21.3 Å². The van der Waals surface area contributed by atoms with Crippen molar-refractivity contribution in [3.63, 3.8) is 0 Å². The Hall–Kier alpha value is -1.36. The van der Waals surface area contributed by atoms with E-state index in [0.29, 0.717) is 0 Å². The van der Waals surface area contributed by atoms with Gasteiger partial charge in [-0.2, -0.15) is 0 Å². The molecule has 0 N–H and O–H groups in total. The van der Waals surface area contributed by atoms with Crippen molar-refractivity contribution >= 4 is 31.4 Å². The fraction of sp³-hybridized carbons (Fsp3) is 0.333. The molecule has 1 aromatic carbocycles. The van der Waals surface area contributed by atoms with Gasteiger partial charge in [-0.25, -0.2) is 0 Å². The number of methoxy groups -OCH3 is 3. The molecule has 6 heteroatoms. The molecule has 0 aliphatic carbocycles. The fourth-order valence-corrected chi connectivity index (χ4v) is 3.48. The van der Waals surface area contributed by atoms with Crippen molar-refractivity contribution in [1.82, 2.24) is 0 Å². The maximum atomic E-state index is 11.8. The third-order valence-corrected chi connectivity index (χ3v) is 4.92. The molecule has 0 atom stereocenters. The van der Waals surface area contributed by atoms with Crippen LogP contribution in [0.4, 0.5) is 0 Å². The molecule has 0 spiro atoms. The van der Waals surface area contributed by atoms with Crippen molar-refractivity contribution in [3.8, 4) is 0 Å². The molecule has 0 saturated heterocycles. The van der Waals surface area contributed by atoms with Crippen molar-refractivity contribution in [2.45, 2.75) is 4.50 Å². The number of rotatable bonds is 5. The molecule has 1 aromatic rings. The van der Waals surface area contributed by atoms with Gasteiger partial charge in [0.25, 0.3) is 0 Å². The van der Waals surface area contributed by atoms with E-state index in [2.05, 4.69) is 9.47 Å². The topological polar surface area (TPSA) is 61.8 Å². The molecule has 0 saturated carbocycles. The van der Waals surface area contributed by atoms with Gasteiger partial charge in [-0.3, -0.25) is 0 Å². The van der Waals surface area contributed by atoms with Crippen LogP contribution in [0, 0.1) is 0 Å². The SMILES string of the molecule is COC(=O)C(OC)([Se]c1ccccc1)C(=O)OC. The quantitative estimate of drug-likeness (QED) is 0.424. The molecule has 0 heterocycles. The second kappa shape index (κ2) is 6.54. The molecule has 18 heavy (non-hydrogen) atoms. The summed E-state index contributed by atoms with van der Waals surface area (Å²) in [7, 11) is 3.71. The predicted molar refractivity (Wildman–Crippen MR) is 65.6 cm³/mol. The van der Waals surface area contributed by atoms with Crippen LogP contribution >= 0.6 is 0 Å². The van der Waals surface area contributed by atoms with Crippen LogP contribution in [-0.2, 0) is 23.8 Å². The predicted octanol–water partition coefficient (Wildman–Crippen LogP) is -0.295. The Morgan fingerprint density at radius 3 is 1.89 bits per heavy atom. The Morgan fingerprint density at radius 1 is 1.00 bits per heavy atom. The van der Waals surface area contributed by atoms with Crippen LogP contribution in [0.1, 0.15) is 0 Å². The number of esters is 2. The molecule has 5 nitrogen and oxygen atoms in total. The first-order chi connectivity index (χ1) is 8.60. The van der Waals surface area contributed by atoms with Crippen molar-refractivity contribution in [1.29, 1.82) is 0 Å². The summed E-state index contributed by atoms with van der Waals surface area (Å²) < 4.78 is 13.6. The van der Waals surface area contributed by atoms with Gasteiger partial charge < -0.3 is 0 Å².